The summed E-state index contributed by atoms with van der Waals surface area (Å²) in [5.74, 6) is 0.608. The summed E-state index contributed by atoms with van der Waals surface area (Å²) >= 11 is 0. The highest BCUT2D eigenvalue weighted by Crippen LogP contribution is 2.33. The Morgan fingerprint density at radius 1 is 1.05 bits per heavy atom. The lowest BCUT2D eigenvalue weighted by atomic mass is 9.96. The van der Waals surface area contributed by atoms with E-state index in [-0.39, 0.29) is 12.1 Å². The molecular formula is C33H37N7O2. The molecule has 3 aromatic heterocycles. The number of H-pyrrole nitrogens is 1. The second-order valence-electron chi connectivity index (χ2n) is 11.2. The molecule has 2 aromatic carbocycles. The molecule has 5 aromatic rings. The second-order valence-corrected chi connectivity index (χ2v) is 11.2. The summed E-state index contributed by atoms with van der Waals surface area (Å²) in [4.78, 5) is 18.2. The van der Waals surface area contributed by atoms with E-state index >= 15 is 0 Å². The lowest BCUT2D eigenvalue weighted by molar-refractivity contribution is 0.108. The normalized spacial score (nSPS) is 14.6. The van der Waals surface area contributed by atoms with Crippen LogP contribution in [0.15, 0.2) is 66.9 Å². The van der Waals surface area contributed by atoms with Gasteiger partial charge in [0.15, 0.2) is 11.9 Å². The second kappa shape index (κ2) is 12.5. The monoisotopic (exact) mass is 563 g/mol. The number of aryl methyl sites for hydroxylation is 2. The molecule has 0 unspecified atom stereocenters. The molecule has 6 rings (SSSR count). The van der Waals surface area contributed by atoms with E-state index in [0.717, 1.165) is 89.8 Å². The zero-order chi connectivity index (χ0) is 28.9. The summed E-state index contributed by atoms with van der Waals surface area (Å²) in [7, 11) is 0. The Morgan fingerprint density at radius 3 is 2.57 bits per heavy atom. The van der Waals surface area contributed by atoms with E-state index in [1.54, 1.807) is 0 Å². The quantitative estimate of drug-likeness (QED) is 0.200. The van der Waals surface area contributed by atoms with Gasteiger partial charge in [0.2, 0.25) is 0 Å². The average Bonchev–Trinajstić information content (AvgIpc) is 3.71. The number of carbonyl (C=O) groups is 1. The molecule has 1 aliphatic carbocycles. The number of alkyl carbamates (subject to hydrolysis) is 1. The maximum atomic E-state index is 13.3. The Labute approximate surface area is 245 Å². The Bertz CT molecular complexity index is 1640. The van der Waals surface area contributed by atoms with Crippen molar-refractivity contribution in [2.45, 2.75) is 77.4 Å². The number of carbonyl (C=O) groups excluding carboxylic acids is 1. The van der Waals surface area contributed by atoms with Crippen molar-refractivity contribution in [3.05, 3.63) is 89.4 Å². The number of nitrogens with zero attached hydrogens (tertiary/aromatic N) is 5. The van der Waals surface area contributed by atoms with Gasteiger partial charge >= 0.3 is 6.09 Å². The summed E-state index contributed by atoms with van der Waals surface area (Å²) in [6.07, 6.45) is 9.66. The van der Waals surface area contributed by atoms with Crippen LogP contribution in [0.5, 0.6) is 0 Å². The van der Waals surface area contributed by atoms with Crippen molar-refractivity contribution in [3.8, 4) is 22.5 Å². The van der Waals surface area contributed by atoms with E-state index in [9.17, 15) is 4.79 Å². The molecule has 0 bridgehead atoms. The Balaban J connectivity index is 1.37. The van der Waals surface area contributed by atoms with E-state index in [4.69, 9.17) is 9.72 Å². The number of rotatable bonds is 9. The molecule has 0 aliphatic heterocycles. The molecular weight excluding hydrogens is 526 g/mol. The molecule has 9 heteroatoms. The topological polar surface area (TPSA) is 110 Å². The number of fused-ring (bicyclic) bond motifs is 1. The summed E-state index contributed by atoms with van der Waals surface area (Å²) in [6.45, 7) is 4.25. The minimum atomic E-state index is -0.618. The highest BCUT2D eigenvalue weighted by molar-refractivity contribution is 5.80. The molecule has 1 amide bonds. The van der Waals surface area contributed by atoms with Gasteiger partial charge in [-0.2, -0.15) is 0 Å². The number of aromatic amines is 1. The smallest absolute Gasteiger partial charge is 0.408 e. The number of benzene rings is 2. The number of hydrogen-bond acceptors (Lipinski definition) is 6. The van der Waals surface area contributed by atoms with E-state index in [1.165, 1.54) is 6.42 Å². The van der Waals surface area contributed by atoms with Crippen molar-refractivity contribution < 1.29 is 9.53 Å². The molecule has 42 heavy (non-hydrogen) atoms. The summed E-state index contributed by atoms with van der Waals surface area (Å²) in [5, 5.41) is 17.6. The third-order valence-corrected chi connectivity index (χ3v) is 8.15. The van der Waals surface area contributed by atoms with Crippen molar-refractivity contribution in [1.82, 2.24) is 35.3 Å². The number of nitrogens with one attached hydrogen (secondary N) is 2. The van der Waals surface area contributed by atoms with Crippen molar-refractivity contribution >= 4 is 11.7 Å². The SMILES string of the molecule is CCCCc1cn2c([C@H](OC(=O)NC3CCCCC3)c3ccc(-c4ccccc4-c4nnn[nH]4)cc3)ccc(C)c2n1. The van der Waals surface area contributed by atoms with Crippen LogP contribution in [0.2, 0.25) is 0 Å². The molecule has 9 nitrogen and oxygen atoms in total. The molecule has 2 N–H and O–H groups in total. The van der Waals surface area contributed by atoms with Crippen molar-refractivity contribution in [2.75, 3.05) is 0 Å². The van der Waals surface area contributed by atoms with E-state index in [1.807, 2.05) is 42.5 Å². The zero-order valence-corrected chi connectivity index (χ0v) is 24.2. The number of pyridine rings is 1. The van der Waals surface area contributed by atoms with Gasteiger partial charge in [0.25, 0.3) is 0 Å². The fourth-order valence-corrected chi connectivity index (χ4v) is 5.87. The van der Waals surface area contributed by atoms with Crippen LogP contribution < -0.4 is 5.32 Å². The van der Waals surface area contributed by atoms with Crippen LogP contribution in [-0.4, -0.2) is 42.1 Å². The standard InChI is InChI=1S/C33H37N7O2/c1-3-4-10-26-21-40-29(20-15-22(2)32(40)34-26)30(42-33(41)35-25-11-6-5-7-12-25)24-18-16-23(17-19-24)27-13-8-9-14-28(27)31-36-38-39-37-31/h8-9,13-21,25,30H,3-7,10-12H2,1-2H3,(H,35,41)(H,36,37,38,39)/t30-/m1/s1. The molecule has 1 atom stereocenters. The van der Waals surface area contributed by atoms with Crippen LogP contribution in [-0.2, 0) is 11.2 Å². The van der Waals surface area contributed by atoms with Crippen LogP contribution in [0.3, 0.4) is 0 Å². The number of amides is 1. The minimum Gasteiger partial charge on any atom is -0.435 e. The fourth-order valence-electron chi connectivity index (χ4n) is 5.87. The van der Waals surface area contributed by atoms with Crippen molar-refractivity contribution in [1.29, 1.82) is 0 Å². The van der Waals surface area contributed by atoms with E-state index < -0.39 is 6.10 Å². The van der Waals surface area contributed by atoms with Crippen LogP contribution in [0.25, 0.3) is 28.2 Å². The van der Waals surface area contributed by atoms with Gasteiger partial charge in [-0.3, -0.25) is 4.40 Å². The largest absolute Gasteiger partial charge is 0.435 e. The molecule has 0 spiro atoms. The number of unbranched alkanes of at least 4 members (excludes halogenated alkanes) is 1. The van der Waals surface area contributed by atoms with Gasteiger partial charge in [-0.05, 0) is 71.4 Å². The molecule has 0 saturated heterocycles. The summed E-state index contributed by atoms with van der Waals surface area (Å²) < 4.78 is 8.36. The summed E-state index contributed by atoms with van der Waals surface area (Å²) in [6, 6.07) is 20.4. The molecule has 3 heterocycles. The number of imidazole rings is 1. The van der Waals surface area contributed by atoms with Gasteiger partial charge in [-0.25, -0.2) is 14.9 Å². The predicted octanol–water partition coefficient (Wildman–Crippen LogP) is 6.98. The Hall–Kier alpha value is -4.53. The van der Waals surface area contributed by atoms with Crippen LogP contribution >= 0.6 is 0 Å². The molecule has 1 aliphatic rings. The van der Waals surface area contributed by atoms with Gasteiger partial charge < -0.3 is 10.1 Å². The molecule has 1 fully saturated rings. The van der Waals surface area contributed by atoms with Crippen LogP contribution in [0, 0.1) is 6.92 Å². The third-order valence-electron chi connectivity index (χ3n) is 8.15. The highest BCUT2D eigenvalue weighted by Gasteiger charge is 2.25. The lowest BCUT2D eigenvalue weighted by Gasteiger charge is -2.25. The van der Waals surface area contributed by atoms with Gasteiger partial charge in [-0.1, -0.05) is 87.2 Å². The first-order chi connectivity index (χ1) is 20.6. The number of tetrazole rings is 1. The Morgan fingerprint density at radius 2 is 1.83 bits per heavy atom. The maximum absolute atomic E-state index is 13.3. The van der Waals surface area contributed by atoms with Crippen molar-refractivity contribution in [3.63, 3.8) is 0 Å². The average molecular weight is 564 g/mol. The van der Waals surface area contributed by atoms with E-state index in [0.29, 0.717) is 5.82 Å². The summed E-state index contributed by atoms with van der Waals surface area (Å²) in [5.41, 5.74) is 7.69. The number of ether oxygens (including phenoxy) is 1. The first-order valence-electron chi connectivity index (χ1n) is 15.0. The number of hydrogen-bond donors (Lipinski definition) is 2. The lowest BCUT2D eigenvalue weighted by Crippen LogP contribution is -2.37. The fraction of sp³-hybridized carbons (Fsp3) is 0.364. The van der Waals surface area contributed by atoms with Crippen LogP contribution in [0.1, 0.15) is 80.5 Å². The van der Waals surface area contributed by atoms with Gasteiger partial charge in [0.05, 0.1) is 11.4 Å². The van der Waals surface area contributed by atoms with Gasteiger partial charge in [0, 0.05) is 17.8 Å². The highest BCUT2D eigenvalue weighted by atomic mass is 16.6. The molecule has 1 saturated carbocycles. The predicted molar refractivity (Wildman–Crippen MR) is 162 cm³/mol. The first kappa shape index (κ1) is 27.6. The Kier molecular flexibility index (Phi) is 8.26. The van der Waals surface area contributed by atoms with Gasteiger partial charge in [-0.15, -0.1) is 5.10 Å². The van der Waals surface area contributed by atoms with Crippen molar-refractivity contribution in [2.24, 2.45) is 0 Å². The number of aromatic nitrogens is 6. The van der Waals surface area contributed by atoms with E-state index in [2.05, 4.69) is 68.6 Å². The molecule has 0 radical (unpaired) electrons. The first-order valence-corrected chi connectivity index (χ1v) is 15.0. The minimum absolute atomic E-state index is 0.156. The third kappa shape index (κ3) is 5.91. The van der Waals surface area contributed by atoms with Crippen LogP contribution in [0.4, 0.5) is 4.79 Å². The maximum Gasteiger partial charge on any atom is 0.408 e. The molecule has 216 valence electrons. The zero-order valence-electron chi connectivity index (χ0n) is 24.2. The van der Waals surface area contributed by atoms with Gasteiger partial charge in [0.1, 0.15) is 5.65 Å².